The number of amides is 1. The van der Waals surface area contributed by atoms with Crippen molar-refractivity contribution >= 4 is 17.7 Å². The lowest BCUT2D eigenvalue weighted by Gasteiger charge is -2.27. The number of carbonyl (C=O) groups is 1. The van der Waals surface area contributed by atoms with Crippen molar-refractivity contribution in [1.29, 1.82) is 0 Å². The Hall–Kier alpha value is -2.09. The van der Waals surface area contributed by atoms with E-state index in [-0.39, 0.29) is 17.7 Å². The standard InChI is InChI=1S/C17H21FN4O2S/c1-11(24-14-9-5-4-7-12(14)18)16(23)22-10-6-8-13(22)15-19-20-17(25-3)21(15)2/h4-5,7,9,11,13H,6,8,10H2,1-3H3/t11-,13+/m1/s1. The number of carbonyl (C=O) groups excluding carboxylic acids is 1. The molecule has 3 rings (SSSR count). The number of ether oxygens (including phenoxy) is 1. The van der Waals surface area contributed by atoms with Crippen molar-refractivity contribution in [2.75, 3.05) is 12.8 Å². The summed E-state index contributed by atoms with van der Waals surface area (Å²) in [4.78, 5) is 14.6. The van der Waals surface area contributed by atoms with E-state index in [4.69, 9.17) is 4.74 Å². The van der Waals surface area contributed by atoms with Crippen molar-refractivity contribution in [3.05, 3.63) is 35.9 Å². The summed E-state index contributed by atoms with van der Waals surface area (Å²) >= 11 is 1.51. The molecular formula is C17H21FN4O2S. The summed E-state index contributed by atoms with van der Waals surface area (Å²) in [6, 6.07) is 5.97. The molecule has 0 unspecified atom stereocenters. The van der Waals surface area contributed by atoms with Gasteiger partial charge in [-0.2, -0.15) is 0 Å². The van der Waals surface area contributed by atoms with Crippen LogP contribution in [0.1, 0.15) is 31.6 Å². The summed E-state index contributed by atoms with van der Waals surface area (Å²) in [5.74, 6) is 0.216. The highest BCUT2D eigenvalue weighted by atomic mass is 32.2. The third-order valence-corrected chi connectivity index (χ3v) is 5.09. The number of rotatable bonds is 5. The van der Waals surface area contributed by atoms with Crippen LogP contribution in [0.2, 0.25) is 0 Å². The minimum atomic E-state index is -0.772. The van der Waals surface area contributed by atoms with Crippen molar-refractivity contribution in [3.8, 4) is 5.75 Å². The number of halogens is 1. The summed E-state index contributed by atoms with van der Waals surface area (Å²) in [7, 11) is 1.90. The second kappa shape index (κ2) is 7.43. The second-order valence-corrected chi connectivity index (χ2v) is 6.76. The van der Waals surface area contributed by atoms with E-state index in [1.54, 1.807) is 24.0 Å². The highest BCUT2D eigenvalue weighted by Crippen LogP contribution is 2.32. The molecule has 0 spiro atoms. The Kier molecular flexibility index (Phi) is 5.27. The van der Waals surface area contributed by atoms with Gasteiger partial charge in [-0.3, -0.25) is 4.79 Å². The summed E-state index contributed by atoms with van der Waals surface area (Å²) in [6.07, 6.45) is 2.89. The zero-order valence-corrected chi connectivity index (χ0v) is 15.3. The molecule has 25 heavy (non-hydrogen) atoms. The average Bonchev–Trinajstić information content (AvgIpc) is 3.22. The SMILES string of the molecule is CSc1nnc([C@@H]2CCCN2C(=O)[C@@H](C)Oc2ccccc2F)n1C. The lowest BCUT2D eigenvalue weighted by atomic mass is 10.2. The molecule has 0 radical (unpaired) electrons. The lowest BCUT2D eigenvalue weighted by Crippen LogP contribution is -2.40. The van der Waals surface area contributed by atoms with Gasteiger partial charge in [-0.1, -0.05) is 23.9 Å². The second-order valence-electron chi connectivity index (χ2n) is 5.98. The molecule has 6 nitrogen and oxygen atoms in total. The number of thioether (sulfide) groups is 1. The Bertz CT molecular complexity index is 767. The summed E-state index contributed by atoms with van der Waals surface area (Å²) < 4.78 is 21.2. The molecule has 134 valence electrons. The first-order chi connectivity index (χ1) is 12.0. The van der Waals surface area contributed by atoms with E-state index < -0.39 is 11.9 Å². The van der Waals surface area contributed by atoms with Crippen molar-refractivity contribution in [2.45, 2.75) is 37.1 Å². The molecule has 1 aliphatic heterocycles. The van der Waals surface area contributed by atoms with E-state index in [9.17, 15) is 9.18 Å². The van der Waals surface area contributed by atoms with Gasteiger partial charge in [0.2, 0.25) is 0 Å². The highest BCUT2D eigenvalue weighted by molar-refractivity contribution is 7.98. The molecule has 8 heteroatoms. The van der Waals surface area contributed by atoms with Gasteiger partial charge >= 0.3 is 0 Å². The number of hydrogen-bond donors (Lipinski definition) is 0. The van der Waals surface area contributed by atoms with Crippen LogP contribution in [0.25, 0.3) is 0 Å². The topological polar surface area (TPSA) is 60.3 Å². The van der Waals surface area contributed by atoms with Crippen molar-refractivity contribution in [3.63, 3.8) is 0 Å². The molecule has 2 atom stereocenters. The number of likely N-dealkylation sites (tertiary alicyclic amines) is 1. The third kappa shape index (κ3) is 3.49. The van der Waals surface area contributed by atoms with Gasteiger partial charge in [-0.15, -0.1) is 10.2 Å². The molecule has 0 aliphatic carbocycles. The zero-order chi connectivity index (χ0) is 18.0. The molecule has 0 saturated carbocycles. The van der Waals surface area contributed by atoms with Gasteiger partial charge in [0.15, 0.2) is 28.7 Å². The molecule has 0 N–H and O–H groups in total. The maximum atomic E-state index is 13.8. The quantitative estimate of drug-likeness (QED) is 0.764. The van der Waals surface area contributed by atoms with Crippen LogP contribution in [0.3, 0.4) is 0 Å². The van der Waals surface area contributed by atoms with Gasteiger partial charge in [-0.25, -0.2) is 4.39 Å². The first-order valence-corrected chi connectivity index (χ1v) is 9.40. The maximum absolute atomic E-state index is 13.8. The Morgan fingerprint density at radius 1 is 1.40 bits per heavy atom. The van der Waals surface area contributed by atoms with E-state index in [2.05, 4.69) is 10.2 Å². The Balaban J connectivity index is 1.76. The van der Waals surface area contributed by atoms with Crippen molar-refractivity contribution in [2.24, 2.45) is 7.05 Å². The predicted molar refractivity (Wildman–Crippen MR) is 93.0 cm³/mol. The van der Waals surface area contributed by atoms with Gasteiger partial charge in [0.1, 0.15) is 0 Å². The fraction of sp³-hybridized carbons (Fsp3) is 0.471. The Labute approximate surface area is 150 Å². The van der Waals surface area contributed by atoms with Crippen LogP contribution in [0, 0.1) is 5.82 Å². The lowest BCUT2D eigenvalue weighted by molar-refractivity contribution is -0.139. The van der Waals surface area contributed by atoms with Crippen LogP contribution in [-0.2, 0) is 11.8 Å². The van der Waals surface area contributed by atoms with Gasteiger partial charge in [-0.05, 0) is 38.2 Å². The molecule has 1 aromatic carbocycles. The summed E-state index contributed by atoms with van der Waals surface area (Å²) in [5.41, 5.74) is 0. The van der Waals surface area contributed by atoms with E-state index >= 15 is 0 Å². The third-order valence-electron chi connectivity index (χ3n) is 4.37. The molecule has 1 saturated heterocycles. The molecule has 0 bridgehead atoms. The zero-order valence-electron chi connectivity index (χ0n) is 14.5. The van der Waals surface area contributed by atoms with Gasteiger partial charge in [0.25, 0.3) is 5.91 Å². The molecular weight excluding hydrogens is 343 g/mol. The van der Waals surface area contributed by atoms with Gasteiger partial charge in [0, 0.05) is 13.6 Å². The van der Waals surface area contributed by atoms with Crippen molar-refractivity contribution in [1.82, 2.24) is 19.7 Å². The smallest absolute Gasteiger partial charge is 0.263 e. The van der Waals surface area contributed by atoms with Gasteiger partial charge in [0.05, 0.1) is 6.04 Å². The molecule has 1 fully saturated rings. The largest absolute Gasteiger partial charge is 0.478 e. The average molecular weight is 364 g/mol. The number of benzene rings is 1. The van der Waals surface area contributed by atoms with Crippen LogP contribution >= 0.6 is 11.8 Å². The van der Waals surface area contributed by atoms with Gasteiger partial charge < -0.3 is 14.2 Å². The van der Waals surface area contributed by atoms with Crippen LogP contribution in [0.4, 0.5) is 4.39 Å². The molecule has 1 amide bonds. The number of hydrogen-bond acceptors (Lipinski definition) is 5. The maximum Gasteiger partial charge on any atom is 0.263 e. The van der Waals surface area contributed by atoms with Crippen LogP contribution in [0.15, 0.2) is 29.4 Å². The van der Waals surface area contributed by atoms with E-state index in [0.717, 1.165) is 23.8 Å². The molecule has 2 aromatic rings. The minimum absolute atomic E-state index is 0.0856. The first kappa shape index (κ1) is 17.7. The van der Waals surface area contributed by atoms with Crippen LogP contribution < -0.4 is 4.74 Å². The molecule has 1 aromatic heterocycles. The number of nitrogens with zero attached hydrogens (tertiary/aromatic N) is 4. The molecule has 2 heterocycles. The summed E-state index contributed by atoms with van der Waals surface area (Å²) in [5, 5.41) is 9.22. The highest BCUT2D eigenvalue weighted by Gasteiger charge is 2.36. The first-order valence-electron chi connectivity index (χ1n) is 8.18. The number of aromatic nitrogens is 3. The Morgan fingerprint density at radius 3 is 2.84 bits per heavy atom. The fourth-order valence-corrected chi connectivity index (χ4v) is 3.60. The molecule has 1 aliphatic rings. The summed E-state index contributed by atoms with van der Waals surface area (Å²) in [6.45, 7) is 2.28. The predicted octanol–water partition coefficient (Wildman–Crippen LogP) is 2.81. The Morgan fingerprint density at radius 2 is 2.16 bits per heavy atom. The van der Waals surface area contributed by atoms with Crippen LogP contribution in [0.5, 0.6) is 5.75 Å². The number of para-hydroxylation sites is 1. The van der Waals surface area contributed by atoms with Crippen molar-refractivity contribution < 1.29 is 13.9 Å². The van der Waals surface area contributed by atoms with Crippen LogP contribution in [-0.4, -0.2) is 44.5 Å². The fourth-order valence-electron chi connectivity index (χ4n) is 3.11. The monoisotopic (exact) mass is 364 g/mol. The van der Waals surface area contributed by atoms with E-state index in [1.165, 1.54) is 23.9 Å². The minimum Gasteiger partial charge on any atom is -0.478 e. The van der Waals surface area contributed by atoms with E-state index in [0.29, 0.717) is 6.54 Å². The van der Waals surface area contributed by atoms with E-state index in [1.807, 2.05) is 17.9 Å². The normalized spacial score (nSPS) is 18.4.